The summed E-state index contributed by atoms with van der Waals surface area (Å²) in [5.41, 5.74) is 0. The lowest BCUT2D eigenvalue weighted by molar-refractivity contribution is -0.146. The molecule has 2 aromatic heterocycles. The molecule has 0 amide bonds. The molecule has 0 atom stereocenters. The zero-order chi connectivity index (χ0) is 15.0. The standard InChI is InChI=1S/C12H13BrF3N5/c13-9-7-17-11-18-10(1-2-21(9)11)20-5-3-19(4-6-20)8-12(14,15)16/h1-2,7H,3-6,8H2. The first-order valence-electron chi connectivity index (χ1n) is 6.46. The summed E-state index contributed by atoms with van der Waals surface area (Å²) in [6.45, 7) is 0.970. The van der Waals surface area contributed by atoms with Crippen LogP contribution in [0.25, 0.3) is 5.78 Å². The zero-order valence-electron chi connectivity index (χ0n) is 11.0. The average Bonchev–Trinajstić information content (AvgIpc) is 2.79. The van der Waals surface area contributed by atoms with Crippen molar-refractivity contribution in [3.05, 3.63) is 23.1 Å². The van der Waals surface area contributed by atoms with Crippen molar-refractivity contribution in [1.29, 1.82) is 0 Å². The van der Waals surface area contributed by atoms with Gasteiger partial charge < -0.3 is 4.90 Å². The molecule has 5 nitrogen and oxygen atoms in total. The van der Waals surface area contributed by atoms with E-state index < -0.39 is 12.7 Å². The minimum absolute atomic E-state index is 0.379. The lowest BCUT2D eigenvalue weighted by Crippen LogP contribution is -2.49. The minimum atomic E-state index is -4.14. The van der Waals surface area contributed by atoms with Crippen LogP contribution in [0.3, 0.4) is 0 Å². The largest absolute Gasteiger partial charge is 0.401 e. The van der Waals surface area contributed by atoms with Gasteiger partial charge in [-0.1, -0.05) is 0 Å². The molecule has 3 rings (SSSR count). The number of hydrogen-bond donors (Lipinski definition) is 0. The number of nitrogens with zero attached hydrogens (tertiary/aromatic N) is 5. The summed E-state index contributed by atoms with van der Waals surface area (Å²) < 4.78 is 39.7. The number of fused-ring (bicyclic) bond motifs is 1. The number of rotatable bonds is 2. The van der Waals surface area contributed by atoms with Gasteiger partial charge in [-0.05, 0) is 22.0 Å². The number of anilines is 1. The molecule has 0 N–H and O–H groups in total. The summed E-state index contributed by atoms with van der Waals surface area (Å²) in [6, 6.07) is 1.85. The fourth-order valence-corrected chi connectivity index (χ4v) is 2.78. The van der Waals surface area contributed by atoms with E-state index in [1.807, 2.05) is 17.2 Å². The van der Waals surface area contributed by atoms with Crippen LogP contribution in [-0.2, 0) is 0 Å². The normalized spacial score (nSPS) is 17.6. The molecule has 1 aliphatic heterocycles. The quantitative estimate of drug-likeness (QED) is 0.819. The maximum atomic E-state index is 12.4. The van der Waals surface area contributed by atoms with Gasteiger partial charge in [0.15, 0.2) is 0 Å². The third kappa shape index (κ3) is 3.29. The minimum Gasteiger partial charge on any atom is -0.354 e. The van der Waals surface area contributed by atoms with Crippen molar-refractivity contribution in [2.45, 2.75) is 6.18 Å². The summed E-state index contributed by atoms with van der Waals surface area (Å²) in [5.74, 6) is 1.31. The molecular weight excluding hydrogens is 351 g/mol. The summed E-state index contributed by atoms with van der Waals surface area (Å²) in [7, 11) is 0. The molecule has 1 fully saturated rings. The van der Waals surface area contributed by atoms with Crippen LogP contribution >= 0.6 is 15.9 Å². The second-order valence-electron chi connectivity index (χ2n) is 4.92. The molecule has 0 aliphatic carbocycles. The van der Waals surface area contributed by atoms with E-state index in [1.54, 1.807) is 10.6 Å². The molecule has 0 aromatic carbocycles. The number of piperazine rings is 1. The van der Waals surface area contributed by atoms with Crippen LogP contribution in [-0.4, -0.2) is 58.2 Å². The van der Waals surface area contributed by atoms with Crippen LogP contribution in [0.15, 0.2) is 23.1 Å². The van der Waals surface area contributed by atoms with Crippen molar-refractivity contribution >= 4 is 27.5 Å². The first-order chi connectivity index (χ1) is 9.92. The Morgan fingerprint density at radius 2 is 1.90 bits per heavy atom. The SMILES string of the molecule is FC(F)(F)CN1CCN(c2ccn3c(Br)cnc3n2)CC1. The summed E-state index contributed by atoms with van der Waals surface area (Å²) in [5, 5.41) is 0. The Kier molecular flexibility index (Phi) is 3.78. The Bertz CT molecular complexity index is 633. The Hall–Kier alpha value is -1.35. The predicted molar refractivity (Wildman–Crippen MR) is 75.4 cm³/mol. The fraction of sp³-hybridized carbons (Fsp3) is 0.500. The van der Waals surface area contributed by atoms with Crippen LogP contribution in [0.2, 0.25) is 0 Å². The second kappa shape index (κ2) is 5.45. The zero-order valence-corrected chi connectivity index (χ0v) is 12.6. The molecule has 0 radical (unpaired) electrons. The van der Waals surface area contributed by atoms with E-state index in [0.29, 0.717) is 32.0 Å². The molecule has 0 bridgehead atoms. The third-order valence-electron chi connectivity index (χ3n) is 3.42. The Morgan fingerprint density at radius 1 is 1.19 bits per heavy atom. The van der Waals surface area contributed by atoms with Crippen LogP contribution in [0.5, 0.6) is 0 Å². The number of imidazole rings is 1. The van der Waals surface area contributed by atoms with Crippen LogP contribution in [0, 0.1) is 0 Å². The summed E-state index contributed by atoms with van der Waals surface area (Å²) in [6.07, 6.45) is -0.633. The molecule has 1 aliphatic rings. The van der Waals surface area contributed by atoms with Crippen molar-refractivity contribution in [2.75, 3.05) is 37.6 Å². The molecule has 21 heavy (non-hydrogen) atoms. The number of aromatic nitrogens is 3. The fourth-order valence-electron chi connectivity index (χ4n) is 2.40. The highest BCUT2D eigenvalue weighted by Gasteiger charge is 2.32. The molecule has 1 saturated heterocycles. The van der Waals surface area contributed by atoms with E-state index in [2.05, 4.69) is 25.9 Å². The van der Waals surface area contributed by atoms with Gasteiger partial charge in [0.1, 0.15) is 10.4 Å². The number of halogens is 4. The van der Waals surface area contributed by atoms with E-state index in [0.717, 1.165) is 10.4 Å². The van der Waals surface area contributed by atoms with Crippen molar-refractivity contribution in [1.82, 2.24) is 19.3 Å². The molecule has 3 heterocycles. The Labute approximate surface area is 127 Å². The lowest BCUT2D eigenvalue weighted by Gasteiger charge is -2.35. The van der Waals surface area contributed by atoms with E-state index in [-0.39, 0.29) is 0 Å². The Balaban J connectivity index is 1.68. The van der Waals surface area contributed by atoms with Gasteiger partial charge in [0.25, 0.3) is 0 Å². The van der Waals surface area contributed by atoms with Gasteiger partial charge in [-0.2, -0.15) is 18.2 Å². The topological polar surface area (TPSA) is 36.7 Å². The molecular formula is C12H13BrF3N5. The first kappa shape index (κ1) is 14.6. The monoisotopic (exact) mass is 363 g/mol. The van der Waals surface area contributed by atoms with Crippen molar-refractivity contribution in [3.8, 4) is 0 Å². The molecule has 0 spiro atoms. The highest BCUT2D eigenvalue weighted by atomic mass is 79.9. The van der Waals surface area contributed by atoms with Crippen molar-refractivity contribution < 1.29 is 13.2 Å². The molecule has 2 aromatic rings. The van der Waals surface area contributed by atoms with Gasteiger partial charge in [0.05, 0.1) is 12.7 Å². The smallest absolute Gasteiger partial charge is 0.354 e. The van der Waals surface area contributed by atoms with E-state index in [1.165, 1.54) is 4.90 Å². The maximum absolute atomic E-state index is 12.4. The highest BCUT2D eigenvalue weighted by molar-refractivity contribution is 9.10. The van der Waals surface area contributed by atoms with Gasteiger partial charge in [0.2, 0.25) is 5.78 Å². The predicted octanol–water partition coefficient (Wildman–Crippen LogP) is 2.18. The van der Waals surface area contributed by atoms with Gasteiger partial charge in [0, 0.05) is 32.4 Å². The highest BCUT2D eigenvalue weighted by Crippen LogP contribution is 2.20. The molecule has 0 unspecified atom stereocenters. The van der Waals surface area contributed by atoms with Gasteiger partial charge in [-0.3, -0.25) is 9.30 Å². The van der Waals surface area contributed by atoms with Crippen LogP contribution in [0.4, 0.5) is 19.0 Å². The second-order valence-corrected chi connectivity index (χ2v) is 5.73. The van der Waals surface area contributed by atoms with Crippen molar-refractivity contribution in [2.24, 2.45) is 0 Å². The maximum Gasteiger partial charge on any atom is 0.401 e. The van der Waals surface area contributed by atoms with Crippen LogP contribution in [0.1, 0.15) is 0 Å². The average molecular weight is 364 g/mol. The number of hydrogen-bond acceptors (Lipinski definition) is 4. The van der Waals surface area contributed by atoms with E-state index >= 15 is 0 Å². The van der Waals surface area contributed by atoms with Crippen molar-refractivity contribution in [3.63, 3.8) is 0 Å². The first-order valence-corrected chi connectivity index (χ1v) is 7.25. The van der Waals surface area contributed by atoms with E-state index in [9.17, 15) is 13.2 Å². The lowest BCUT2D eigenvalue weighted by atomic mass is 10.3. The van der Waals surface area contributed by atoms with Gasteiger partial charge >= 0.3 is 6.18 Å². The Morgan fingerprint density at radius 3 is 2.57 bits per heavy atom. The third-order valence-corrected chi connectivity index (χ3v) is 4.01. The van der Waals surface area contributed by atoms with Crippen LogP contribution < -0.4 is 4.90 Å². The van der Waals surface area contributed by atoms with E-state index in [4.69, 9.17) is 0 Å². The molecule has 114 valence electrons. The summed E-state index contributed by atoms with van der Waals surface area (Å²) in [4.78, 5) is 12.0. The van der Waals surface area contributed by atoms with Gasteiger partial charge in [-0.15, -0.1) is 0 Å². The summed E-state index contributed by atoms with van der Waals surface area (Å²) >= 11 is 3.36. The molecule has 0 saturated carbocycles. The van der Waals surface area contributed by atoms with Gasteiger partial charge in [-0.25, -0.2) is 4.98 Å². The molecule has 9 heteroatoms. The number of alkyl halides is 3.